The maximum Gasteiger partial charge on any atom is 0.343 e. The molecule has 3 heterocycles. The van der Waals surface area contributed by atoms with E-state index >= 15 is 0 Å². The molecule has 0 fully saturated rings. The summed E-state index contributed by atoms with van der Waals surface area (Å²) < 4.78 is 3.17. The van der Waals surface area contributed by atoms with E-state index in [0.29, 0.717) is 28.8 Å². The summed E-state index contributed by atoms with van der Waals surface area (Å²) in [6, 6.07) is 5.28. The van der Waals surface area contributed by atoms with Crippen LogP contribution in [0.2, 0.25) is 0 Å². The lowest BCUT2D eigenvalue weighted by Crippen LogP contribution is -2.18. The summed E-state index contributed by atoms with van der Waals surface area (Å²) in [4.78, 5) is 28.5. The van der Waals surface area contributed by atoms with Gasteiger partial charge in [-0.15, -0.1) is 5.10 Å². The predicted octanol–water partition coefficient (Wildman–Crippen LogP) is 1.98. The highest BCUT2D eigenvalue weighted by molar-refractivity contribution is 7.98. The Morgan fingerprint density at radius 2 is 2.12 bits per heavy atom. The van der Waals surface area contributed by atoms with E-state index < -0.39 is 0 Å². The van der Waals surface area contributed by atoms with Gasteiger partial charge in [0.1, 0.15) is 5.65 Å². The molecular weight excluding hydrogens is 326 g/mol. The minimum atomic E-state index is -0.201. The van der Waals surface area contributed by atoms with Gasteiger partial charge >= 0.3 is 5.69 Å². The molecule has 3 rings (SSSR count). The molecular formula is C16H19N5O2S. The average Bonchev–Trinajstić information content (AvgIpc) is 2.91. The van der Waals surface area contributed by atoms with Gasteiger partial charge in [0.05, 0.1) is 5.69 Å². The molecule has 0 bridgehead atoms. The third kappa shape index (κ3) is 3.43. The fourth-order valence-electron chi connectivity index (χ4n) is 2.40. The number of fused-ring (bicyclic) bond motifs is 1. The quantitative estimate of drug-likeness (QED) is 0.691. The smallest absolute Gasteiger partial charge is 0.270 e. The summed E-state index contributed by atoms with van der Waals surface area (Å²) in [6.07, 6.45) is 3.70. The van der Waals surface area contributed by atoms with Gasteiger partial charge in [-0.05, 0) is 25.0 Å². The number of pyridine rings is 1. The molecule has 0 atom stereocenters. The zero-order chi connectivity index (χ0) is 17.1. The van der Waals surface area contributed by atoms with Crippen molar-refractivity contribution in [3.63, 3.8) is 0 Å². The van der Waals surface area contributed by atoms with Gasteiger partial charge in [-0.2, -0.15) is 0 Å². The van der Waals surface area contributed by atoms with Crippen LogP contribution in [-0.2, 0) is 12.3 Å². The number of thioether (sulfide) groups is 1. The molecule has 0 saturated heterocycles. The average molecular weight is 345 g/mol. The van der Waals surface area contributed by atoms with Crippen molar-refractivity contribution in [1.82, 2.24) is 24.1 Å². The second-order valence-electron chi connectivity index (χ2n) is 5.63. The molecule has 8 heteroatoms. The van der Waals surface area contributed by atoms with Crippen molar-refractivity contribution >= 4 is 17.4 Å². The van der Waals surface area contributed by atoms with E-state index in [1.165, 1.54) is 22.2 Å². The van der Waals surface area contributed by atoms with E-state index in [9.17, 15) is 9.59 Å². The van der Waals surface area contributed by atoms with Crippen LogP contribution in [0.15, 0.2) is 39.1 Å². The lowest BCUT2D eigenvalue weighted by atomic mass is 10.3. The lowest BCUT2D eigenvalue weighted by molar-refractivity contribution is 0.573. The molecule has 0 radical (unpaired) electrons. The molecule has 0 unspecified atom stereocenters. The second kappa shape index (κ2) is 7.04. The highest BCUT2D eigenvalue weighted by Crippen LogP contribution is 2.18. The maximum absolute atomic E-state index is 12.2. The van der Waals surface area contributed by atoms with Crippen molar-refractivity contribution in [3.8, 4) is 0 Å². The molecule has 0 aliphatic carbocycles. The summed E-state index contributed by atoms with van der Waals surface area (Å²) in [7, 11) is 0. The molecule has 126 valence electrons. The number of H-pyrrole nitrogens is 1. The number of nitrogens with one attached hydrogen (secondary N) is 1. The second-order valence-corrected chi connectivity index (χ2v) is 6.57. The number of aryl methyl sites for hydroxylation is 1. The van der Waals surface area contributed by atoms with E-state index in [0.717, 1.165) is 18.4 Å². The number of hydrogen-bond donors (Lipinski definition) is 1. The maximum atomic E-state index is 12.2. The van der Waals surface area contributed by atoms with Crippen molar-refractivity contribution in [3.05, 3.63) is 56.5 Å². The minimum Gasteiger partial charge on any atom is -0.270 e. The molecule has 0 aliphatic rings. The van der Waals surface area contributed by atoms with Gasteiger partial charge in [0.2, 0.25) is 0 Å². The third-order valence-electron chi connectivity index (χ3n) is 3.67. The summed E-state index contributed by atoms with van der Waals surface area (Å²) in [6.45, 7) is 4.65. The highest BCUT2D eigenvalue weighted by atomic mass is 32.2. The van der Waals surface area contributed by atoms with Gasteiger partial charge in [-0.25, -0.2) is 14.9 Å². The van der Waals surface area contributed by atoms with Crippen LogP contribution in [0.1, 0.15) is 31.0 Å². The molecule has 3 aromatic heterocycles. The van der Waals surface area contributed by atoms with Crippen LogP contribution in [0.25, 0.3) is 5.65 Å². The van der Waals surface area contributed by atoms with Crippen LogP contribution in [0.5, 0.6) is 0 Å². The van der Waals surface area contributed by atoms with Gasteiger partial charge in [-0.3, -0.25) is 13.8 Å². The zero-order valence-corrected chi connectivity index (χ0v) is 14.5. The molecule has 1 N–H and O–H groups in total. The first-order chi connectivity index (χ1) is 11.6. The first-order valence-corrected chi connectivity index (χ1v) is 8.84. The first-order valence-electron chi connectivity index (χ1n) is 7.85. The van der Waals surface area contributed by atoms with Crippen molar-refractivity contribution in [1.29, 1.82) is 0 Å². The number of aromatic nitrogens is 5. The summed E-state index contributed by atoms with van der Waals surface area (Å²) in [5, 5.41) is 7.16. The summed E-state index contributed by atoms with van der Waals surface area (Å²) >= 11 is 1.40. The van der Waals surface area contributed by atoms with E-state index in [-0.39, 0.29) is 11.2 Å². The van der Waals surface area contributed by atoms with Crippen molar-refractivity contribution in [2.45, 2.75) is 44.1 Å². The topological polar surface area (TPSA) is 85.0 Å². The van der Waals surface area contributed by atoms with Crippen molar-refractivity contribution in [2.75, 3.05) is 0 Å². The van der Waals surface area contributed by atoms with Gasteiger partial charge < -0.3 is 0 Å². The first kappa shape index (κ1) is 16.5. The van der Waals surface area contributed by atoms with E-state index in [2.05, 4.69) is 22.1 Å². The van der Waals surface area contributed by atoms with Gasteiger partial charge in [0.25, 0.3) is 5.56 Å². The number of aromatic amines is 1. The Labute approximate surface area is 142 Å². The molecule has 0 saturated carbocycles. The fraction of sp³-hybridized carbons (Fsp3) is 0.375. The fourth-order valence-corrected chi connectivity index (χ4v) is 3.26. The van der Waals surface area contributed by atoms with Gasteiger partial charge in [0, 0.05) is 24.6 Å². The Morgan fingerprint density at radius 3 is 2.92 bits per heavy atom. The molecule has 0 amide bonds. The minimum absolute atomic E-state index is 0.107. The molecule has 24 heavy (non-hydrogen) atoms. The Balaban J connectivity index is 1.83. The third-order valence-corrected chi connectivity index (χ3v) is 4.68. The van der Waals surface area contributed by atoms with E-state index in [4.69, 9.17) is 0 Å². The van der Waals surface area contributed by atoms with Crippen molar-refractivity contribution < 1.29 is 0 Å². The number of hydrogen-bond acceptors (Lipinski definition) is 5. The molecule has 7 nitrogen and oxygen atoms in total. The Hall–Kier alpha value is -2.35. The van der Waals surface area contributed by atoms with E-state index in [1.54, 1.807) is 10.8 Å². The van der Waals surface area contributed by atoms with Crippen LogP contribution >= 0.6 is 11.8 Å². The molecule has 0 spiro atoms. The normalized spacial score (nSPS) is 11.2. The van der Waals surface area contributed by atoms with Gasteiger partial charge in [-0.1, -0.05) is 31.2 Å². The SMILES string of the molecule is CCCCn1c(SCc2cc(=O)n3cc(C)ccc3n2)n[nH]c1=O. The number of nitrogens with zero attached hydrogens (tertiary/aromatic N) is 4. The standard InChI is InChI=1S/C16H19N5O2S/c1-3-4-7-20-15(23)18-19-16(20)24-10-12-8-14(22)21-9-11(2)5-6-13(21)17-12/h5-6,8-9H,3-4,7,10H2,1-2H3,(H,18,23). The predicted molar refractivity (Wildman–Crippen MR) is 93.5 cm³/mol. The molecule has 0 aliphatic heterocycles. The lowest BCUT2D eigenvalue weighted by Gasteiger charge is -2.06. The highest BCUT2D eigenvalue weighted by Gasteiger charge is 2.10. The Morgan fingerprint density at radius 1 is 1.29 bits per heavy atom. The molecule has 3 aromatic rings. The van der Waals surface area contributed by atoms with Crippen LogP contribution < -0.4 is 11.2 Å². The monoisotopic (exact) mass is 345 g/mol. The molecule has 0 aromatic carbocycles. The van der Waals surface area contributed by atoms with Crippen LogP contribution in [0.3, 0.4) is 0 Å². The van der Waals surface area contributed by atoms with Crippen molar-refractivity contribution in [2.24, 2.45) is 0 Å². The zero-order valence-electron chi connectivity index (χ0n) is 13.7. The summed E-state index contributed by atoms with van der Waals surface area (Å²) in [5.74, 6) is 0.482. The van der Waals surface area contributed by atoms with Crippen LogP contribution in [0.4, 0.5) is 0 Å². The Kier molecular flexibility index (Phi) is 4.84. The van der Waals surface area contributed by atoms with E-state index in [1.807, 2.05) is 19.1 Å². The van der Waals surface area contributed by atoms with Crippen LogP contribution in [-0.4, -0.2) is 24.1 Å². The largest absolute Gasteiger partial charge is 0.343 e. The summed E-state index contributed by atoms with van der Waals surface area (Å²) in [5.41, 5.74) is 1.99. The Bertz CT molecular complexity index is 972. The van der Waals surface area contributed by atoms with Crippen LogP contribution in [0, 0.1) is 6.92 Å². The van der Waals surface area contributed by atoms with Gasteiger partial charge in [0.15, 0.2) is 5.16 Å². The number of rotatable bonds is 6. The number of unbranched alkanes of at least 4 members (excludes halogenated alkanes) is 1.